The van der Waals surface area contributed by atoms with Crippen LogP contribution in [0.4, 0.5) is 16.2 Å². The van der Waals surface area contributed by atoms with Crippen LogP contribution in [0.2, 0.25) is 0 Å². The van der Waals surface area contributed by atoms with E-state index in [1.165, 1.54) is 24.9 Å². The summed E-state index contributed by atoms with van der Waals surface area (Å²) < 4.78 is 0. The maximum Gasteiger partial charge on any atom is 0.321 e. The minimum Gasteiger partial charge on any atom is -0.372 e. The molecule has 2 saturated heterocycles. The SMILES string of the molecule is CN(C)CCN1CCN(C(=O)Nc2ccc(N3CCCCC3)cc2)CC1. The fraction of sp³-hybridized carbons (Fsp3) is 0.650. The van der Waals surface area contributed by atoms with Crippen molar-refractivity contribution in [3.8, 4) is 0 Å². The van der Waals surface area contributed by atoms with E-state index in [1.807, 2.05) is 17.0 Å². The number of amides is 2. The molecule has 0 unspecified atom stereocenters. The predicted octanol–water partition coefficient (Wildman–Crippen LogP) is 2.39. The Kier molecular flexibility index (Phi) is 6.74. The molecule has 144 valence electrons. The van der Waals surface area contributed by atoms with E-state index in [4.69, 9.17) is 0 Å². The lowest BCUT2D eigenvalue weighted by atomic mass is 10.1. The van der Waals surface area contributed by atoms with E-state index in [-0.39, 0.29) is 6.03 Å². The van der Waals surface area contributed by atoms with Gasteiger partial charge in [-0.15, -0.1) is 0 Å². The van der Waals surface area contributed by atoms with Crippen LogP contribution in [0, 0.1) is 0 Å². The van der Waals surface area contributed by atoms with Crippen LogP contribution in [0.5, 0.6) is 0 Å². The van der Waals surface area contributed by atoms with Gasteiger partial charge in [0.15, 0.2) is 0 Å². The number of benzene rings is 1. The lowest BCUT2D eigenvalue weighted by Crippen LogP contribution is -2.51. The molecule has 0 aliphatic carbocycles. The number of carbonyl (C=O) groups excluding carboxylic acids is 1. The largest absolute Gasteiger partial charge is 0.372 e. The molecule has 0 spiro atoms. The molecule has 6 heteroatoms. The van der Waals surface area contributed by atoms with Crippen LogP contribution in [0.15, 0.2) is 24.3 Å². The van der Waals surface area contributed by atoms with Crippen molar-refractivity contribution < 1.29 is 4.79 Å². The fourth-order valence-corrected chi connectivity index (χ4v) is 3.63. The number of anilines is 2. The Hall–Kier alpha value is -1.79. The third kappa shape index (κ3) is 5.35. The van der Waals surface area contributed by atoms with E-state index >= 15 is 0 Å². The van der Waals surface area contributed by atoms with Gasteiger partial charge in [-0.1, -0.05) is 0 Å². The minimum atomic E-state index is 0.0167. The maximum atomic E-state index is 12.5. The number of rotatable bonds is 5. The van der Waals surface area contributed by atoms with Gasteiger partial charge in [0.05, 0.1) is 0 Å². The van der Waals surface area contributed by atoms with E-state index < -0.39 is 0 Å². The van der Waals surface area contributed by atoms with Crippen molar-refractivity contribution in [1.82, 2.24) is 14.7 Å². The Labute approximate surface area is 157 Å². The number of piperazine rings is 1. The Balaban J connectivity index is 1.44. The number of nitrogens with one attached hydrogen (secondary N) is 1. The van der Waals surface area contributed by atoms with Crippen LogP contribution in [-0.2, 0) is 0 Å². The Morgan fingerprint density at radius 2 is 1.62 bits per heavy atom. The van der Waals surface area contributed by atoms with Gasteiger partial charge in [-0.25, -0.2) is 4.79 Å². The van der Waals surface area contributed by atoms with Gasteiger partial charge in [-0.3, -0.25) is 4.90 Å². The zero-order valence-corrected chi connectivity index (χ0v) is 16.3. The first-order valence-electron chi connectivity index (χ1n) is 9.90. The highest BCUT2D eigenvalue weighted by Crippen LogP contribution is 2.22. The van der Waals surface area contributed by atoms with Crippen molar-refractivity contribution in [3.63, 3.8) is 0 Å². The van der Waals surface area contributed by atoms with Gasteiger partial charge in [0.1, 0.15) is 0 Å². The molecule has 1 aromatic carbocycles. The molecule has 0 saturated carbocycles. The van der Waals surface area contributed by atoms with Crippen LogP contribution in [0.3, 0.4) is 0 Å². The average molecular weight is 360 g/mol. The monoisotopic (exact) mass is 359 g/mol. The molecule has 26 heavy (non-hydrogen) atoms. The van der Waals surface area contributed by atoms with E-state index in [0.29, 0.717) is 0 Å². The third-order valence-electron chi connectivity index (χ3n) is 5.36. The molecule has 1 aromatic rings. The third-order valence-corrected chi connectivity index (χ3v) is 5.36. The van der Waals surface area contributed by atoms with Crippen LogP contribution in [-0.4, -0.2) is 87.2 Å². The fourth-order valence-electron chi connectivity index (χ4n) is 3.63. The summed E-state index contributed by atoms with van der Waals surface area (Å²) in [6.07, 6.45) is 3.89. The van der Waals surface area contributed by atoms with Gasteiger partial charge >= 0.3 is 6.03 Å². The first kappa shape index (κ1) is 19.0. The highest BCUT2D eigenvalue weighted by molar-refractivity contribution is 5.89. The molecule has 6 nitrogen and oxygen atoms in total. The Morgan fingerprint density at radius 1 is 0.962 bits per heavy atom. The van der Waals surface area contributed by atoms with Gasteiger partial charge in [-0.05, 0) is 57.6 Å². The number of hydrogen-bond donors (Lipinski definition) is 1. The topological polar surface area (TPSA) is 42.1 Å². The zero-order chi connectivity index (χ0) is 18.4. The summed E-state index contributed by atoms with van der Waals surface area (Å²) >= 11 is 0. The quantitative estimate of drug-likeness (QED) is 0.877. The highest BCUT2D eigenvalue weighted by Gasteiger charge is 2.21. The summed E-state index contributed by atoms with van der Waals surface area (Å²) in [6.45, 7) is 7.92. The van der Waals surface area contributed by atoms with E-state index in [1.54, 1.807) is 0 Å². The summed E-state index contributed by atoms with van der Waals surface area (Å²) in [7, 11) is 4.19. The molecular weight excluding hydrogens is 326 g/mol. The molecule has 0 aromatic heterocycles. The number of likely N-dealkylation sites (N-methyl/N-ethyl adjacent to an activating group) is 1. The second kappa shape index (κ2) is 9.24. The molecule has 2 aliphatic rings. The molecule has 1 N–H and O–H groups in total. The Morgan fingerprint density at radius 3 is 2.23 bits per heavy atom. The molecule has 3 rings (SSSR count). The van der Waals surface area contributed by atoms with Gasteiger partial charge in [0.25, 0.3) is 0 Å². The van der Waals surface area contributed by atoms with Crippen molar-refractivity contribution >= 4 is 17.4 Å². The normalized spacial score (nSPS) is 19.0. The lowest BCUT2D eigenvalue weighted by Gasteiger charge is -2.35. The van der Waals surface area contributed by atoms with Crippen LogP contribution in [0.25, 0.3) is 0 Å². The summed E-state index contributed by atoms with van der Waals surface area (Å²) in [4.78, 5) is 21.5. The van der Waals surface area contributed by atoms with Crippen LogP contribution >= 0.6 is 0 Å². The summed E-state index contributed by atoms with van der Waals surface area (Å²) in [6, 6.07) is 8.31. The van der Waals surface area contributed by atoms with Crippen molar-refractivity contribution in [2.75, 3.05) is 76.7 Å². The Bertz CT molecular complexity index is 560. The molecule has 0 atom stereocenters. The smallest absolute Gasteiger partial charge is 0.321 e. The van der Waals surface area contributed by atoms with Crippen LogP contribution in [0.1, 0.15) is 19.3 Å². The summed E-state index contributed by atoms with van der Waals surface area (Å²) in [5.41, 5.74) is 2.14. The molecule has 0 radical (unpaired) electrons. The number of hydrogen-bond acceptors (Lipinski definition) is 4. The van der Waals surface area contributed by atoms with Crippen LogP contribution < -0.4 is 10.2 Å². The molecule has 2 fully saturated rings. The number of carbonyl (C=O) groups is 1. The van der Waals surface area contributed by atoms with Crippen molar-refractivity contribution in [1.29, 1.82) is 0 Å². The maximum absolute atomic E-state index is 12.5. The first-order valence-corrected chi connectivity index (χ1v) is 9.90. The van der Waals surface area contributed by atoms with Gasteiger partial charge in [0.2, 0.25) is 0 Å². The minimum absolute atomic E-state index is 0.0167. The van der Waals surface area contributed by atoms with E-state index in [2.05, 4.69) is 46.2 Å². The second-order valence-electron chi connectivity index (χ2n) is 7.66. The summed E-state index contributed by atoms with van der Waals surface area (Å²) in [5, 5.41) is 3.05. The number of nitrogens with zero attached hydrogens (tertiary/aromatic N) is 4. The summed E-state index contributed by atoms with van der Waals surface area (Å²) in [5.74, 6) is 0. The molecule has 2 aliphatic heterocycles. The first-order chi connectivity index (χ1) is 12.6. The standard InChI is InChI=1S/C20H33N5O/c1-22(2)12-13-23-14-16-25(17-15-23)20(26)21-18-6-8-19(9-7-18)24-10-4-3-5-11-24/h6-9H,3-5,10-17H2,1-2H3,(H,21,26). The molecule has 2 amide bonds. The molecule has 2 heterocycles. The van der Waals surface area contributed by atoms with Crippen molar-refractivity contribution in [2.45, 2.75) is 19.3 Å². The zero-order valence-electron chi connectivity index (χ0n) is 16.3. The highest BCUT2D eigenvalue weighted by atomic mass is 16.2. The second-order valence-corrected chi connectivity index (χ2v) is 7.66. The number of piperidine rings is 1. The van der Waals surface area contributed by atoms with Crippen molar-refractivity contribution in [2.24, 2.45) is 0 Å². The molecular formula is C20H33N5O. The van der Waals surface area contributed by atoms with Gasteiger partial charge < -0.3 is 20.0 Å². The number of urea groups is 1. The lowest BCUT2D eigenvalue weighted by molar-refractivity contribution is 0.140. The van der Waals surface area contributed by atoms with E-state index in [0.717, 1.165) is 58.0 Å². The average Bonchev–Trinajstić information content (AvgIpc) is 2.68. The van der Waals surface area contributed by atoms with Gasteiger partial charge in [-0.2, -0.15) is 0 Å². The van der Waals surface area contributed by atoms with E-state index in [9.17, 15) is 4.79 Å². The van der Waals surface area contributed by atoms with Gasteiger partial charge in [0, 0.05) is 63.7 Å². The van der Waals surface area contributed by atoms with Crippen molar-refractivity contribution in [3.05, 3.63) is 24.3 Å². The predicted molar refractivity (Wildman–Crippen MR) is 108 cm³/mol. The molecule has 0 bridgehead atoms.